The van der Waals surface area contributed by atoms with Crippen LogP contribution in [0.3, 0.4) is 0 Å². The number of nitrogens with one attached hydrogen (secondary N) is 1. The van der Waals surface area contributed by atoms with Crippen LogP contribution in [0.4, 0.5) is 0 Å². The van der Waals surface area contributed by atoms with Crippen molar-refractivity contribution in [3.63, 3.8) is 0 Å². The van der Waals surface area contributed by atoms with Crippen LogP contribution in [0.1, 0.15) is 17.3 Å². The predicted molar refractivity (Wildman–Crippen MR) is 69.7 cm³/mol. The molecule has 1 aromatic heterocycles. The van der Waals surface area contributed by atoms with Crippen molar-refractivity contribution >= 4 is 48.7 Å². The highest BCUT2D eigenvalue weighted by Crippen LogP contribution is 2.33. The van der Waals surface area contributed by atoms with Crippen LogP contribution in [0.2, 0.25) is 0 Å². The molecule has 5 heteroatoms. The van der Waals surface area contributed by atoms with Crippen molar-refractivity contribution in [1.82, 2.24) is 4.98 Å². The lowest BCUT2D eigenvalue weighted by atomic mass is 10.1. The van der Waals surface area contributed by atoms with Crippen molar-refractivity contribution in [3.8, 4) is 0 Å². The van der Waals surface area contributed by atoms with Gasteiger partial charge in [-0.05, 0) is 50.9 Å². The van der Waals surface area contributed by atoms with Crippen LogP contribution in [-0.2, 0) is 4.74 Å². The number of aromatic amines is 1. The lowest BCUT2D eigenvalue weighted by Crippen LogP contribution is -2.06. The summed E-state index contributed by atoms with van der Waals surface area (Å²) in [5.41, 5.74) is 1.49. The number of H-pyrrole nitrogens is 1. The van der Waals surface area contributed by atoms with Gasteiger partial charge in [0.15, 0.2) is 0 Å². The van der Waals surface area contributed by atoms with E-state index in [1.54, 1.807) is 6.92 Å². The zero-order valence-electron chi connectivity index (χ0n) is 8.51. The van der Waals surface area contributed by atoms with Crippen LogP contribution in [0.15, 0.2) is 27.3 Å². The Morgan fingerprint density at radius 3 is 2.94 bits per heavy atom. The van der Waals surface area contributed by atoms with E-state index in [0.717, 1.165) is 15.4 Å². The molecule has 0 atom stereocenters. The smallest absolute Gasteiger partial charge is 0.340 e. The predicted octanol–water partition coefficient (Wildman–Crippen LogP) is 3.87. The van der Waals surface area contributed by atoms with E-state index < -0.39 is 0 Å². The molecule has 3 nitrogen and oxygen atoms in total. The monoisotopic (exact) mass is 345 g/mol. The molecule has 2 aromatic rings. The van der Waals surface area contributed by atoms with Crippen LogP contribution >= 0.6 is 31.9 Å². The number of fused-ring (bicyclic) bond motifs is 1. The van der Waals surface area contributed by atoms with E-state index in [4.69, 9.17) is 4.74 Å². The van der Waals surface area contributed by atoms with E-state index in [9.17, 15) is 4.79 Å². The average molecular weight is 347 g/mol. The third-order valence-corrected chi connectivity index (χ3v) is 3.67. The Morgan fingerprint density at radius 1 is 1.50 bits per heavy atom. The van der Waals surface area contributed by atoms with Crippen molar-refractivity contribution < 1.29 is 9.53 Å². The second-order valence-corrected chi connectivity index (χ2v) is 4.85. The summed E-state index contributed by atoms with van der Waals surface area (Å²) < 4.78 is 6.47. The van der Waals surface area contributed by atoms with Gasteiger partial charge in [0.1, 0.15) is 0 Å². The van der Waals surface area contributed by atoms with Crippen LogP contribution in [0, 0.1) is 0 Å². The first-order chi connectivity index (χ1) is 7.65. The summed E-state index contributed by atoms with van der Waals surface area (Å²) >= 11 is 6.80. The van der Waals surface area contributed by atoms with E-state index in [1.807, 2.05) is 18.3 Å². The lowest BCUT2D eigenvalue weighted by molar-refractivity contribution is 0.0524. The lowest BCUT2D eigenvalue weighted by Gasteiger charge is -2.07. The summed E-state index contributed by atoms with van der Waals surface area (Å²) in [4.78, 5) is 14.8. The molecule has 0 radical (unpaired) electrons. The summed E-state index contributed by atoms with van der Waals surface area (Å²) in [5.74, 6) is -0.329. The maximum Gasteiger partial charge on any atom is 0.340 e. The number of benzene rings is 1. The highest BCUT2D eigenvalue weighted by atomic mass is 79.9. The quantitative estimate of drug-likeness (QED) is 0.839. The molecule has 16 heavy (non-hydrogen) atoms. The Labute approximate surface area is 109 Å². The van der Waals surface area contributed by atoms with Crippen molar-refractivity contribution in [2.75, 3.05) is 6.61 Å². The normalized spacial score (nSPS) is 10.7. The van der Waals surface area contributed by atoms with Crippen LogP contribution in [0.25, 0.3) is 10.9 Å². The van der Waals surface area contributed by atoms with E-state index in [0.29, 0.717) is 16.6 Å². The van der Waals surface area contributed by atoms with E-state index >= 15 is 0 Å². The second-order valence-electron chi connectivity index (χ2n) is 3.21. The molecule has 1 N–H and O–H groups in total. The van der Waals surface area contributed by atoms with Crippen molar-refractivity contribution in [2.45, 2.75) is 6.92 Å². The first kappa shape index (κ1) is 11.7. The molecule has 1 aromatic carbocycles. The summed E-state index contributed by atoms with van der Waals surface area (Å²) in [7, 11) is 0. The van der Waals surface area contributed by atoms with Gasteiger partial charge in [-0.1, -0.05) is 0 Å². The SMILES string of the molecule is CCOC(=O)c1c(Br)cc2[nH]ccc2c1Br. The number of hydrogen-bond acceptors (Lipinski definition) is 2. The summed E-state index contributed by atoms with van der Waals surface area (Å²) in [6.45, 7) is 2.15. The van der Waals surface area contributed by atoms with Gasteiger partial charge in [-0.25, -0.2) is 4.79 Å². The van der Waals surface area contributed by atoms with Gasteiger partial charge in [0.25, 0.3) is 0 Å². The molecular formula is C11H9Br2NO2. The summed E-state index contributed by atoms with van der Waals surface area (Å²) in [6, 6.07) is 3.78. The molecule has 0 aliphatic heterocycles. The van der Waals surface area contributed by atoms with Crippen molar-refractivity contribution in [1.29, 1.82) is 0 Å². The van der Waals surface area contributed by atoms with E-state index in [-0.39, 0.29) is 5.97 Å². The molecule has 0 spiro atoms. The number of hydrogen-bond donors (Lipinski definition) is 1. The molecule has 0 aliphatic carbocycles. The molecule has 1 heterocycles. The fourth-order valence-corrected chi connectivity index (χ4v) is 3.10. The van der Waals surface area contributed by atoms with Gasteiger partial charge in [0, 0.05) is 26.0 Å². The van der Waals surface area contributed by atoms with Gasteiger partial charge in [-0.2, -0.15) is 0 Å². The van der Waals surface area contributed by atoms with Gasteiger partial charge in [0.05, 0.1) is 12.2 Å². The van der Waals surface area contributed by atoms with Crippen molar-refractivity contribution in [3.05, 3.63) is 32.8 Å². The highest BCUT2D eigenvalue weighted by Gasteiger charge is 2.18. The largest absolute Gasteiger partial charge is 0.462 e. The Morgan fingerprint density at radius 2 is 2.25 bits per heavy atom. The maximum absolute atomic E-state index is 11.8. The third kappa shape index (κ3) is 1.89. The molecule has 0 unspecified atom stereocenters. The average Bonchev–Trinajstić information content (AvgIpc) is 2.66. The molecule has 84 valence electrons. The van der Waals surface area contributed by atoms with Crippen LogP contribution in [-0.4, -0.2) is 17.6 Å². The number of carbonyl (C=O) groups excluding carboxylic acids is 1. The Balaban J connectivity index is 2.63. The first-order valence-electron chi connectivity index (χ1n) is 4.77. The molecule has 0 amide bonds. The molecule has 0 bridgehead atoms. The second kappa shape index (κ2) is 4.59. The maximum atomic E-state index is 11.8. The van der Waals surface area contributed by atoms with Crippen LogP contribution < -0.4 is 0 Å². The molecule has 0 fully saturated rings. The van der Waals surface area contributed by atoms with Gasteiger partial charge in [-0.3, -0.25) is 0 Å². The molecule has 0 saturated heterocycles. The Kier molecular flexibility index (Phi) is 3.35. The minimum atomic E-state index is -0.329. The van der Waals surface area contributed by atoms with Gasteiger partial charge in [0.2, 0.25) is 0 Å². The summed E-state index contributed by atoms with van der Waals surface area (Å²) in [6.07, 6.45) is 1.83. The van der Waals surface area contributed by atoms with Gasteiger partial charge >= 0.3 is 5.97 Å². The summed E-state index contributed by atoms with van der Waals surface area (Å²) in [5, 5.41) is 0.964. The van der Waals surface area contributed by atoms with E-state index in [1.165, 1.54) is 0 Å². The van der Waals surface area contributed by atoms with Gasteiger partial charge < -0.3 is 9.72 Å². The number of halogens is 2. The number of aromatic nitrogens is 1. The molecule has 0 saturated carbocycles. The fraction of sp³-hybridized carbons (Fsp3) is 0.182. The minimum Gasteiger partial charge on any atom is -0.462 e. The Hall–Kier alpha value is -0.810. The number of esters is 1. The molecular weight excluding hydrogens is 338 g/mol. The number of ether oxygens (including phenoxy) is 1. The number of rotatable bonds is 2. The van der Waals surface area contributed by atoms with Crippen molar-refractivity contribution in [2.24, 2.45) is 0 Å². The Bertz CT molecular complexity index is 548. The minimum absolute atomic E-state index is 0.329. The van der Waals surface area contributed by atoms with Gasteiger partial charge in [-0.15, -0.1) is 0 Å². The fourth-order valence-electron chi connectivity index (χ4n) is 1.52. The van der Waals surface area contributed by atoms with E-state index in [2.05, 4.69) is 36.8 Å². The zero-order valence-corrected chi connectivity index (χ0v) is 11.7. The molecule has 0 aliphatic rings. The number of carbonyl (C=O) groups is 1. The third-order valence-electron chi connectivity index (χ3n) is 2.22. The molecule has 2 rings (SSSR count). The first-order valence-corrected chi connectivity index (χ1v) is 6.36. The van der Waals surface area contributed by atoms with Crippen LogP contribution in [0.5, 0.6) is 0 Å². The zero-order chi connectivity index (χ0) is 11.7. The topological polar surface area (TPSA) is 42.1 Å². The highest BCUT2D eigenvalue weighted by molar-refractivity contribution is 9.11. The standard InChI is InChI=1S/C11H9Br2NO2/c1-2-16-11(15)9-7(12)5-8-6(10(9)13)3-4-14-8/h3-5,14H,2H2,1H3.